The molecule has 2 aromatic carbocycles. The van der Waals surface area contributed by atoms with Crippen molar-refractivity contribution in [3.63, 3.8) is 0 Å². The average molecular weight is 424 g/mol. The molecule has 0 aromatic heterocycles. The molecule has 0 saturated heterocycles. The second-order valence-corrected chi connectivity index (χ2v) is 8.70. The first-order valence-electron chi connectivity index (χ1n) is 10.7. The number of benzene rings is 2. The van der Waals surface area contributed by atoms with E-state index in [2.05, 4.69) is 5.32 Å². The Bertz CT molecular complexity index is 958. The highest BCUT2D eigenvalue weighted by molar-refractivity contribution is 5.88. The summed E-state index contributed by atoms with van der Waals surface area (Å²) < 4.78 is 0. The van der Waals surface area contributed by atoms with Crippen LogP contribution in [0.3, 0.4) is 0 Å². The lowest BCUT2D eigenvalue weighted by Gasteiger charge is -2.28. The number of rotatable bonds is 8. The third-order valence-corrected chi connectivity index (χ3v) is 6.42. The summed E-state index contributed by atoms with van der Waals surface area (Å²) in [6, 6.07) is 13.7. The Kier molecular flexibility index (Phi) is 6.25. The van der Waals surface area contributed by atoms with Gasteiger partial charge < -0.3 is 15.5 Å². The Hall–Kier alpha value is -2.90. The Morgan fingerprint density at radius 2 is 1.81 bits per heavy atom. The number of carbonyl (C=O) groups is 2. The highest BCUT2D eigenvalue weighted by Crippen LogP contribution is 2.39. The monoisotopic (exact) mass is 424 g/mol. The van der Waals surface area contributed by atoms with Gasteiger partial charge in [0, 0.05) is 6.42 Å². The van der Waals surface area contributed by atoms with Crippen LogP contribution >= 0.6 is 0 Å². The van der Waals surface area contributed by atoms with E-state index in [1.807, 2.05) is 24.3 Å². The van der Waals surface area contributed by atoms with E-state index < -0.39 is 29.9 Å². The highest BCUT2D eigenvalue weighted by atomic mass is 16.5. The fraction of sp³-hybridized carbons (Fsp3) is 0.417. The van der Waals surface area contributed by atoms with Gasteiger partial charge in [0.1, 0.15) is 5.75 Å². The van der Waals surface area contributed by atoms with Crippen LogP contribution in [0.25, 0.3) is 0 Å². The van der Waals surface area contributed by atoms with Gasteiger partial charge in [0.2, 0.25) is 11.8 Å². The Balaban J connectivity index is 1.60. The number of aliphatic hydroxyl groups excluding tert-OH is 1. The average Bonchev–Trinajstić information content (AvgIpc) is 3.53. The second-order valence-electron chi connectivity index (χ2n) is 8.70. The van der Waals surface area contributed by atoms with E-state index in [4.69, 9.17) is 0 Å². The molecule has 7 heteroatoms. The van der Waals surface area contributed by atoms with Crippen molar-refractivity contribution in [1.82, 2.24) is 10.8 Å². The zero-order valence-corrected chi connectivity index (χ0v) is 17.2. The molecule has 164 valence electrons. The maximum atomic E-state index is 13.5. The van der Waals surface area contributed by atoms with Crippen LogP contribution in [0.4, 0.5) is 0 Å². The molecule has 2 aliphatic rings. The predicted octanol–water partition coefficient (Wildman–Crippen LogP) is 2.25. The lowest BCUT2D eigenvalue weighted by Crippen LogP contribution is -2.45. The topological polar surface area (TPSA) is 119 Å². The summed E-state index contributed by atoms with van der Waals surface area (Å²) >= 11 is 0. The summed E-state index contributed by atoms with van der Waals surface area (Å²) in [5, 5.41) is 32.7. The van der Waals surface area contributed by atoms with Gasteiger partial charge >= 0.3 is 0 Å². The number of amides is 2. The number of hydroxylamine groups is 1. The summed E-state index contributed by atoms with van der Waals surface area (Å²) in [7, 11) is 0. The third kappa shape index (κ3) is 4.89. The Morgan fingerprint density at radius 1 is 1.03 bits per heavy atom. The molecule has 0 unspecified atom stereocenters. The van der Waals surface area contributed by atoms with Crippen LogP contribution in [0.2, 0.25) is 0 Å². The molecule has 0 bridgehead atoms. The van der Waals surface area contributed by atoms with E-state index >= 15 is 0 Å². The number of aliphatic hydroxyl groups is 1. The summed E-state index contributed by atoms with van der Waals surface area (Å²) in [5.41, 5.74) is 4.32. The van der Waals surface area contributed by atoms with Crippen LogP contribution in [0.15, 0.2) is 48.5 Å². The van der Waals surface area contributed by atoms with Crippen LogP contribution < -0.4 is 10.8 Å². The van der Waals surface area contributed by atoms with Crippen molar-refractivity contribution in [3.8, 4) is 5.75 Å². The van der Waals surface area contributed by atoms with E-state index in [0.29, 0.717) is 18.8 Å². The first kappa shape index (κ1) is 21.3. The zero-order valence-electron chi connectivity index (χ0n) is 17.2. The summed E-state index contributed by atoms with van der Waals surface area (Å²) in [6.07, 6.45) is 2.47. The minimum atomic E-state index is -0.755. The molecular weight excluding hydrogens is 396 g/mol. The molecule has 0 heterocycles. The van der Waals surface area contributed by atoms with Crippen molar-refractivity contribution in [2.24, 2.45) is 17.8 Å². The summed E-state index contributed by atoms with van der Waals surface area (Å²) in [4.78, 5) is 26.0. The van der Waals surface area contributed by atoms with E-state index in [1.54, 1.807) is 29.7 Å². The number of carbonyl (C=O) groups excluding carboxylic acids is 2. The first-order chi connectivity index (χ1) is 15.0. The quantitative estimate of drug-likeness (QED) is 0.329. The first-order valence-corrected chi connectivity index (χ1v) is 10.7. The number of phenols is 1. The molecule has 1 saturated carbocycles. The van der Waals surface area contributed by atoms with E-state index in [1.165, 1.54) is 0 Å². The van der Waals surface area contributed by atoms with Crippen LogP contribution in [0.1, 0.15) is 42.0 Å². The van der Waals surface area contributed by atoms with Gasteiger partial charge in [-0.1, -0.05) is 49.2 Å². The number of phenolic OH excluding ortho intramolecular Hbond substituents is 1. The van der Waals surface area contributed by atoms with Gasteiger partial charge in [-0.3, -0.25) is 14.8 Å². The highest BCUT2D eigenvalue weighted by Gasteiger charge is 2.40. The molecule has 2 aliphatic carbocycles. The predicted molar refractivity (Wildman–Crippen MR) is 113 cm³/mol. The molecule has 4 atom stereocenters. The molecule has 1 fully saturated rings. The number of aromatic hydroxyl groups is 1. The molecule has 2 aromatic rings. The number of hydrogen-bond acceptors (Lipinski definition) is 5. The van der Waals surface area contributed by atoms with E-state index in [9.17, 15) is 25.0 Å². The molecule has 0 spiro atoms. The Labute approximate surface area is 181 Å². The van der Waals surface area contributed by atoms with E-state index in [0.717, 1.165) is 29.5 Å². The van der Waals surface area contributed by atoms with Gasteiger partial charge in [-0.2, -0.15) is 0 Å². The van der Waals surface area contributed by atoms with Gasteiger partial charge in [-0.25, -0.2) is 5.48 Å². The molecule has 2 amide bonds. The van der Waals surface area contributed by atoms with Crippen molar-refractivity contribution in [1.29, 1.82) is 0 Å². The van der Waals surface area contributed by atoms with Crippen molar-refractivity contribution < 1.29 is 25.0 Å². The summed E-state index contributed by atoms with van der Waals surface area (Å²) in [6.45, 7) is 0. The lowest BCUT2D eigenvalue weighted by molar-refractivity contribution is -0.141. The minimum Gasteiger partial charge on any atom is -0.508 e. The van der Waals surface area contributed by atoms with E-state index in [-0.39, 0.29) is 18.1 Å². The smallest absolute Gasteiger partial charge is 0.247 e. The number of fused-ring (bicyclic) bond motifs is 1. The number of hydrogen-bond donors (Lipinski definition) is 5. The maximum Gasteiger partial charge on any atom is 0.247 e. The van der Waals surface area contributed by atoms with Crippen LogP contribution in [-0.4, -0.2) is 33.3 Å². The largest absolute Gasteiger partial charge is 0.508 e. The third-order valence-electron chi connectivity index (χ3n) is 6.42. The van der Waals surface area contributed by atoms with Crippen LogP contribution in [0.5, 0.6) is 5.75 Å². The fourth-order valence-electron chi connectivity index (χ4n) is 4.61. The van der Waals surface area contributed by atoms with Crippen molar-refractivity contribution in [3.05, 3.63) is 65.2 Å². The molecule has 5 N–H and O–H groups in total. The van der Waals surface area contributed by atoms with Crippen LogP contribution in [-0.2, 0) is 22.4 Å². The van der Waals surface area contributed by atoms with Gasteiger partial charge in [-0.15, -0.1) is 0 Å². The molecule has 0 radical (unpaired) electrons. The van der Waals surface area contributed by atoms with Crippen molar-refractivity contribution in [2.45, 2.75) is 44.2 Å². The Morgan fingerprint density at radius 3 is 2.52 bits per heavy atom. The molecular formula is C24H28N2O5. The van der Waals surface area contributed by atoms with Gasteiger partial charge in [-0.05, 0) is 47.6 Å². The standard InChI is InChI=1S/C24H28N2O5/c27-17-6-3-4-15(10-17)12-19(20(24(30)26-31)11-14-8-9-14)23(29)25-22-18-7-2-1-5-16(18)13-21(22)28/h1-7,10,14,19-22,27-28,31H,8-9,11-13H2,(H,25,29)(H,26,30)/t19-,20+,21-,22+/m1/s1. The number of nitrogens with one attached hydrogen (secondary N) is 2. The van der Waals surface area contributed by atoms with Gasteiger partial charge in [0.25, 0.3) is 0 Å². The fourth-order valence-corrected chi connectivity index (χ4v) is 4.61. The normalized spacial score (nSPS) is 21.7. The van der Waals surface area contributed by atoms with Crippen LogP contribution in [0, 0.1) is 17.8 Å². The van der Waals surface area contributed by atoms with Crippen molar-refractivity contribution in [2.75, 3.05) is 0 Å². The molecule has 4 rings (SSSR count). The lowest BCUT2D eigenvalue weighted by atomic mass is 9.81. The zero-order chi connectivity index (χ0) is 22.0. The minimum absolute atomic E-state index is 0.0853. The van der Waals surface area contributed by atoms with Crippen molar-refractivity contribution >= 4 is 11.8 Å². The molecule has 7 nitrogen and oxygen atoms in total. The van der Waals surface area contributed by atoms with Gasteiger partial charge in [0.05, 0.1) is 24.0 Å². The maximum absolute atomic E-state index is 13.5. The summed E-state index contributed by atoms with van der Waals surface area (Å²) in [5.74, 6) is -1.96. The van der Waals surface area contributed by atoms with Gasteiger partial charge in [0.15, 0.2) is 0 Å². The molecule has 31 heavy (non-hydrogen) atoms. The SMILES string of the molecule is O=C(NO)[C@@H](CC1CC1)[C@@H](Cc1cccc(O)c1)C(=O)N[C@H]1c2ccccc2C[C@H]1O. The molecule has 0 aliphatic heterocycles. The second kappa shape index (κ2) is 9.08.